The minimum Gasteiger partial charge on any atom is -0.378 e. The van der Waals surface area contributed by atoms with Gasteiger partial charge in [-0.3, -0.25) is 0 Å². The Hall–Kier alpha value is -0.380. The van der Waals surface area contributed by atoms with Crippen molar-refractivity contribution in [1.29, 1.82) is 0 Å². The van der Waals surface area contributed by atoms with E-state index in [-0.39, 0.29) is 0 Å². The first-order valence-corrected chi connectivity index (χ1v) is 6.63. The molecule has 2 rings (SSSR count). The zero-order valence-electron chi connectivity index (χ0n) is 9.58. The van der Waals surface area contributed by atoms with E-state index in [0.29, 0.717) is 12.1 Å². The molecule has 2 unspecified atom stereocenters. The van der Waals surface area contributed by atoms with Gasteiger partial charge in [0.1, 0.15) is 0 Å². The van der Waals surface area contributed by atoms with Crippen LogP contribution in [0, 0.1) is 0 Å². The van der Waals surface area contributed by atoms with Crippen molar-refractivity contribution in [2.24, 2.45) is 0 Å². The van der Waals surface area contributed by atoms with Crippen molar-refractivity contribution in [3.8, 4) is 0 Å². The van der Waals surface area contributed by atoms with Gasteiger partial charge in [-0.15, -0.1) is 0 Å². The second-order valence-electron chi connectivity index (χ2n) is 4.38. The Bertz CT molecular complexity index is 342. The monoisotopic (exact) mass is 283 g/mol. The molecule has 1 aromatic carbocycles. The van der Waals surface area contributed by atoms with E-state index in [0.717, 1.165) is 26.0 Å². The van der Waals surface area contributed by atoms with Crippen molar-refractivity contribution in [3.63, 3.8) is 0 Å². The zero-order valence-corrected chi connectivity index (χ0v) is 11.2. The fourth-order valence-electron chi connectivity index (χ4n) is 2.08. The molecule has 1 fully saturated rings. The molecule has 1 aliphatic heterocycles. The number of hydrogen-bond acceptors (Lipinski definition) is 2. The maximum absolute atomic E-state index is 5.53. The highest BCUT2D eigenvalue weighted by molar-refractivity contribution is 9.10. The molecule has 2 nitrogen and oxygen atoms in total. The quantitative estimate of drug-likeness (QED) is 0.921. The average Bonchev–Trinajstić information content (AvgIpc) is 2.28. The molecule has 1 aliphatic rings. The first-order chi connectivity index (χ1) is 7.75. The highest BCUT2D eigenvalue weighted by atomic mass is 79.9. The van der Waals surface area contributed by atoms with Crippen molar-refractivity contribution in [3.05, 3.63) is 34.3 Å². The van der Waals surface area contributed by atoms with Crippen LogP contribution < -0.4 is 5.32 Å². The van der Waals surface area contributed by atoms with E-state index in [9.17, 15) is 0 Å². The van der Waals surface area contributed by atoms with Gasteiger partial charge in [0.15, 0.2) is 0 Å². The van der Waals surface area contributed by atoms with Gasteiger partial charge in [-0.2, -0.15) is 0 Å². The normalized spacial score (nSPS) is 25.6. The summed E-state index contributed by atoms with van der Waals surface area (Å²) in [5.41, 5.74) is 1.32. The Kier molecular flexibility index (Phi) is 4.38. The van der Waals surface area contributed by atoms with Gasteiger partial charge in [0.05, 0.1) is 6.10 Å². The second-order valence-corrected chi connectivity index (χ2v) is 5.23. The summed E-state index contributed by atoms with van der Waals surface area (Å²) in [6, 6.07) is 8.96. The Morgan fingerprint density at radius 1 is 1.44 bits per heavy atom. The predicted octanol–water partition coefficient (Wildman–Crippen LogP) is 3.11. The molecule has 0 radical (unpaired) electrons. The molecular formula is C13H18BrNO. The molecule has 0 amide bonds. The van der Waals surface area contributed by atoms with Crippen molar-refractivity contribution in [1.82, 2.24) is 5.32 Å². The van der Waals surface area contributed by atoms with E-state index in [1.54, 1.807) is 0 Å². The fraction of sp³-hybridized carbons (Fsp3) is 0.538. The van der Waals surface area contributed by atoms with Gasteiger partial charge < -0.3 is 10.1 Å². The van der Waals surface area contributed by atoms with Crippen molar-refractivity contribution >= 4 is 15.9 Å². The third-order valence-electron chi connectivity index (χ3n) is 3.02. The van der Waals surface area contributed by atoms with Crippen LogP contribution in [0.25, 0.3) is 0 Å². The maximum Gasteiger partial charge on any atom is 0.0561 e. The minimum atomic E-state index is 0.394. The number of hydrogen-bond donors (Lipinski definition) is 1. The van der Waals surface area contributed by atoms with E-state index in [1.807, 2.05) is 6.07 Å². The smallest absolute Gasteiger partial charge is 0.0561 e. The van der Waals surface area contributed by atoms with Crippen LogP contribution in [-0.2, 0) is 11.3 Å². The van der Waals surface area contributed by atoms with Crippen LogP contribution in [0.15, 0.2) is 28.7 Å². The molecule has 2 atom stereocenters. The minimum absolute atomic E-state index is 0.394. The first-order valence-electron chi connectivity index (χ1n) is 5.84. The molecule has 0 aliphatic carbocycles. The van der Waals surface area contributed by atoms with E-state index in [4.69, 9.17) is 4.74 Å². The Labute approximate surface area is 106 Å². The van der Waals surface area contributed by atoms with E-state index < -0.39 is 0 Å². The maximum atomic E-state index is 5.53. The number of nitrogens with one attached hydrogen (secondary N) is 1. The van der Waals surface area contributed by atoms with Crippen LogP contribution in [0.1, 0.15) is 25.3 Å². The van der Waals surface area contributed by atoms with Crippen LogP contribution in [0.3, 0.4) is 0 Å². The van der Waals surface area contributed by atoms with Crippen LogP contribution in [0.2, 0.25) is 0 Å². The van der Waals surface area contributed by atoms with Crippen molar-refractivity contribution < 1.29 is 4.74 Å². The van der Waals surface area contributed by atoms with Crippen LogP contribution in [0.4, 0.5) is 0 Å². The lowest BCUT2D eigenvalue weighted by atomic mass is 10.0. The summed E-state index contributed by atoms with van der Waals surface area (Å²) < 4.78 is 6.72. The highest BCUT2D eigenvalue weighted by Gasteiger charge is 2.18. The molecule has 1 heterocycles. The van der Waals surface area contributed by atoms with E-state index in [2.05, 4.69) is 46.4 Å². The van der Waals surface area contributed by atoms with Crippen LogP contribution >= 0.6 is 15.9 Å². The summed E-state index contributed by atoms with van der Waals surface area (Å²) in [5.74, 6) is 0. The standard InChI is InChI=1S/C13H18BrNO/c1-10-8-12(6-7-16-10)15-9-11-4-2-3-5-13(11)14/h2-5,10,12,15H,6-9H2,1H3. The van der Waals surface area contributed by atoms with Gasteiger partial charge in [0.2, 0.25) is 0 Å². The summed E-state index contributed by atoms with van der Waals surface area (Å²) in [6.45, 7) is 3.96. The molecule has 0 bridgehead atoms. The fourth-order valence-corrected chi connectivity index (χ4v) is 2.50. The number of ether oxygens (including phenoxy) is 1. The van der Waals surface area contributed by atoms with Gasteiger partial charge in [-0.1, -0.05) is 34.1 Å². The molecule has 0 aromatic heterocycles. The number of benzene rings is 1. The Morgan fingerprint density at radius 2 is 2.25 bits per heavy atom. The predicted molar refractivity (Wildman–Crippen MR) is 69.4 cm³/mol. The molecule has 1 N–H and O–H groups in total. The molecule has 0 spiro atoms. The van der Waals surface area contributed by atoms with Crippen LogP contribution in [0.5, 0.6) is 0 Å². The number of halogens is 1. The SMILES string of the molecule is CC1CC(NCc2ccccc2Br)CCO1. The summed E-state index contributed by atoms with van der Waals surface area (Å²) in [7, 11) is 0. The third-order valence-corrected chi connectivity index (χ3v) is 3.80. The summed E-state index contributed by atoms with van der Waals surface area (Å²) >= 11 is 3.57. The summed E-state index contributed by atoms with van der Waals surface area (Å²) in [5, 5.41) is 3.60. The average molecular weight is 284 g/mol. The van der Waals surface area contributed by atoms with Gasteiger partial charge >= 0.3 is 0 Å². The lowest BCUT2D eigenvalue weighted by Gasteiger charge is -2.28. The molecule has 3 heteroatoms. The summed E-state index contributed by atoms with van der Waals surface area (Å²) in [6.07, 6.45) is 2.63. The molecule has 1 aromatic rings. The van der Waals surface area contributed by atoms with Gasteiger partial charge in [0, 0.05) is 23.7 Å². The zero-order chi connectivity index (χ0) is 11.4. The largest absolute Gasteiger partial charge is 0.378 e. The van der Waals surface area contributed by atoms with E-state index in [1.165, 1.54) is 10.0 Å². The lowest BCUT2D eigenvalue weighted by Crippen LogP contribution is -2.37. The number of rotatable bonds is 3. The Balaban J connectivity index is 1.85. The topological polar surface area (TPSA) is 21.3 Å². The van der Waals surface area contributed by atoms with Gasteiger partial charge in [0.25, 0.3) is 0 Å². The summed E-state index contributed by atoms with van der Waals surface area (Å²) in [4.78, 5) is 0. The van der Waals surface area contributed by atoms with Crippen molar-refractivity contribution in [2.45, 2.75) is 38.5 Å². The first kappa shape index (κ1) is 12.1. The molecule has 16 heavy (non-hydrogen) atoms. The third kappa shape index (κ3) is 3.30. The van der Waals surface area contributed by atoms with Gasteiger partial charge in [-0.05, 0) is 31.4 Å². The van der Waals surface area contributed by atoms with Crippen LogP contribution in [-0.4, -0.2) is 18.8 Å². The molecule has 88 valence electrons. The van der Waals surface area contributed by atoms with Crippen molar-refractivity contribution in [2.75, 3.05) is 6.61 Å². The lowest BCUT2D eigenvalue weighted by molar-refractivity contribution is 0.0130. The Morgan fingerprint density at radius 3 is 3.00 bits per heavy atom. The highest BCUT2D eigenvalue weighted by Crippen LogP contribution is 2.17. The van der Waals surface area contributed by atoms with Gasteiger partial charge in [-0.25, -0.2) is 0 Å². The molecule has 0 saturated carbocycles. The van der Waals surface area contributed by atoms with E-state index >= 15 is 0 Å². The second kappa shape index (κ2) is 5.80. The molecular weight excluding hydrogens is 266 g/mol. The molecule has 1 saturated heterocycles.